The van der Waals surface area contributed by atoms with Crippen molar-refractivity contribution in [3.8, 4) is 23.0 Å². The fraction of sp³-hybridized carbons (Fsp3) is 0.469. The van der Waals surface area contributed by atoms with Gasteiger partial charge in [0.05, 0.1) is 38.6 Å². The van der Waals surface area contributed by atoms with E-state index in [0.717, 1.165) is 57.2 Å². The third kappa shape index (κ3) is 10.1. The molecule has 2 atom stereocenters. The lowest BCUT2D eigenvalue weighted by Crippen LogP contribution is -2.46. The quantitative estimate of drug-likeness (QED) is 0.175. The molecule has 4 aromatic rings. The number of hydrogen-bond donors (Lipinski definition) is 1. The first-order valence-corrected chi connectivity index (χ1v) is 23.0. The number of thioether (sulfide) groups is 2. The Bertz CT molecular complexity index is 2160. The number of carbonyl (C=O) groups excluding carboxylic acids is 2. The van der Waals surface area contributed by atoms with Gasteiger partial charge in [-0.1, -0.05) is 36.4 Å². The van der Waals surface area contributed by atoms with Crippen LogP contribution in [0.15, 0.2) is 94.7 Å². The number of ether oxygens (including phenoxy) is 5. The van der Waals surface area contributed by atoms with Crippen LogP contribution < -0.4 is 18.9 Å². The van der Waals surface area contributed by atoms with Crippen LogP contribution >= 0.6 is 23.5 Å². The lowest BCUT2D eigenvalue weighted by atomic mass is 9.87. The third-order valence-corrected chi connectivity index (χ3v) is 15.3. The predicted molar refractivity (Wildman–Crippen MR) is 242 cm³/mol. The number of aliphatic hydroxyl groups is 1. The summed E-state index contributed by atoms with van der Waals surface area (Å²) in [5.41, 5.74) is 3.57. The smallest absolute Gasteiger partial charge is 0.253 e. The van der Waals surface area contributed by atoms with Crippen LogP contribution in [0.1, 0.15) is 110 Å². The molecule has 2 spiro atoms. The van der Waals surface area contributed by atoms with Crippen molar-refractivity contribution in [3.05, 3.63) is 107 Å². The summed E-state index contributed by atoms with van der Waals surface area (Å²) in [4.78, 5) is 32.7. The topological polar surface area (TPSA) is 107 Å². The maximum Gasteiger partial charge on any atom is 0.253 e. The van der Waals surface area contributed by atoms with Gasteiger partial charge in [-0.3, -0.25) is 9.59 Å². The molecule has 4 aliphatic rings. The zero-order valence-electron chi connectivity index (χ0n) is 36.5. The molecule has 8 rings (SSSR count). The molecule has 4 aromatic carbocycles. The van der Waals surface area contributed by atoms with E-state index in [-0.39, 0.29) is 39.6 Å². The summed E-state index contributed by atoms with van der Waals surface area (Å²) in [6.07, 6.45) is 5.18. The molecular formula is C49H60N2O8S2. The Labute approximate surface area is 369 Å². The molecule has 2 amide bonds. The van der Waals surface area contributed by atoms with E-state index in [9.17, 15) is 14.7 Å². The average molecular weight is 869 g/mol. The molecule has 0 radical (unpaired) electrons. The van der Waals surface area contributed by atoms with Crippen LogP contribution in [0.4, 0.5) is 0 Å². The zero-order chi connectivity index (χ0) is 43.3. The number of rotatable bonds is 9. The number of benzene rings is 4. The van der Waals surface area contributed by atoms with Crippen molar-refractivity contribution in [2.45, 2.75) is 110 Å². The Hall–Kier alpha value is -4.36. The number of methoxy groups -OCH3 is 3. The van der Waals surface area contributed by atoms with Gasteiger partial charge in [-0.15, -0.1) is 23.5 Å². The van der Waals surface area contributed by atoms with E-state index < -0.39 is 6.10 Å². The fourth-order valence-electron chi connectivity index (χ4n) is 8.87. The maximum atomic E-state index is 13.2. The van der Waals surface area contributed by atoms with Crippen molar-refractivity contribution < 1.29 is 38.4 Å². The summed E-state index contributed by atoms with van der Waals surface area (Å²) in [6, 6.07) is 27.5. The molecule has 61 heavy (non-hydrogen) atoms. The molecule has 4 aliphatic heterocycles. The molecule has 10 nitrogen and oxygen atoms in total. The number of likely N-dealkylation sites (tertiary alicyclic amines) is 2. The van der Waals surface area contributed by atoms with Gasteiger partial charge in [0.2, 0.25) is 0 Å². The van der Waals surface area contributed by atoms with Gasteiger partial charge in [0.15, 0.2) is 23.0 Å². The Kier molecular flexibility index (Phi) is 14.2. The number of aliphatic hydroxyl groups excluding tert-OH is 1. The molecule has 2 unspecified atom stereocenters. The van der Waals surface area contributed by atoms with E-state index in [1.54, 1.807) is 33.5 Å². The zero-order valence-corrected chi connectivity index (χ0v) is 38.1. The van der Waals surface area contributed by atoms with Gasteiger partial charge in [-0.2, -0.15) is 0 Å². The molecule has 1 N–H and O–H groups in total. The molecule has 4 heterocycles. The normalized spacial score (nSPS) is 20.0. The van der Waals surface area contributed by atoms with Crippen molar-refractivity contribution in [3.63, 3.8) is 0 Å². The lowest BCUT2D eigenvalue weighted by Gasteiger charge is -2.46. The number of hydrogen-bond acceptors (Lipinski definition) is 10. The summed E-state index contributed by atoms with van der Waals surface area (Å²) in [7, 11) is 4.99. The molecule has 0 saturated carbocycles. The van der Waals surface area contributed by atoms with E-state index in [1.165, 1.54) is 15.4 Å². The second kappa shape index (κ2) is 19.4. The molecule has 12 heteroatoms. The number of amides is 2. The summed E-state index contributed by atoms with van der Waals surface area (Å²) >= 11 is 3.84. The van der Waals surface area contributed by atoms with Crippen molar-refractivity contribution in [2.75, 3.05) is 47.5 Å². The highest BCUT2D eigenvalue weighted by Crippen LogP contribution is 2.54. The first-order valence-electron chi connectivity index (χ1n) is 21.4. The van der Waals surface area contributed by atoms with Gasteiger partial charge in [0.25, 0.3) is 11.8 Å². The van der Waals surface area contributed by atoms with Gasteiger partial charge in [0, 0.05) is 63.7 Å². The summed E-state index contributed by atoms with van der Waals surface area (Å²) < 4.78 is 28.4. The molecule has 0 aromatic heterocycles. The lowest BCUT2D eigenvalue weighted by molar-refractivity contribution is 0.0573. The van der Waals surface area contributed by atoms with Crippen LogP contribution in [-0.4, -0.2) is 95.9 Å². The monoisotopic (exact) mass is 868 g/mol. The van der Waals surface area contributed by atoms with Gasteiger partial charge < -0.3 is 38.6 Å². The fourth-order valence-corrected chi connectivity index (χ4v) is 12.0. The predicted octanol–water partition coefficient (Wildman–Crippen LogP) is 10.0. The Morgan fingerprint density at radius 1 is 0.607 bits per heavy atom. The van der Waals surface area contributed by atoms with Crippen LogP contribution in [0.25, 0.3) is 0 Å². The molecule has 2 fully saturated rings. The summed E-state index contributed by atoms with van der Waals surface area (Å²) in [5.74, 6) is 2.54. The van der Waals surface area contributed by atoms with Crippen molar-refractivity contribution in [2.24, 2.45) is 0 Å². The summed E-state index contributed by atoms with van der Waals surface area (Å²) in [6.45, 7) is 10.7. The van der Waals surface area contributed by atoms with Crippen LogP contribution in [0.3, 0.4) is 0 Å². The van der Waals surface area contributed by atoms with E-state index in [1.807, 2.05) is 103 Å². The van der Waals surface area contributed by atoms with Gasteiger partial charge in [0.1, 0.15) is 0 Å². The minimum Gasteiger partial charge on any atom is -0.493 e. The highest BCUT2D eigenvalue weighted by atomic mass is 32.2. The minimum atomic E-state index is -0.428. The van der Waals surface area contributed by atoms with Crippen molar-refractivity contribution >= 4 is 35.3 Å². The van der Waals surface area contributed by atoms with E-state index in [2.05, 4.69) is 30.3 Å². The highest BCUT2D eigenvalue weighted by molar-refractivity contribution is 8.01. The van der Waals surface area contributed by atoms with Crippen molar-refractivity contribution in [1.82, 2.24) is 9.80 Å². The van der Waals surface area contributed by atoms with E-state index >= 15 is 0 Å². The second-order valence-corrected chi connectivity index (χ2v) is 20.0. The Morgan fingerprint density at radius 2 is 1.03 bits per heavy atom. The standard InChI is InChI=1S/C25H31NO4S.C24H29NO4S/c1-17(2)30-20-10-9-18(15-21(20)28-3)24(27)26-13-11-25(12-14-26)16-22(29-4)19-7-5-6-8-23(19)31-25;1-16(2)29-20-9-8-17(14-21(20)28-3)23(27)25-12-10-24(11-13-25)15-19(26)18-6-4-5-7-22(18)30-24/h5-10,15,17,22H,11-14,16H2,1-4H3;4-9,14,16,19,26H,10-13,15H2,1-3H3. The summed E-state index contributed by atoms with van der Waals surface area (Å²) in [5, 5.41) is 10.7. The van der Waals surface area contributed by atoms with Crippen LogP contribution in [0.5, 0.6) is 23.0 Å². The number of carbonyl (C=O) groups is 2. The Morgan fingerprint density at radius 3 is 1.48 bits per heavy atom. The molecule has 326 valence electrons. The largest absolute Gasteiger partial charge is 0.493 e. The number of nitrogens with zero attached hydrogens (tertiary/aromatic N) is 2. The van der Waals surface area contributed by atoms with Gasteiger partial charge in [-0.05, 0) is 126 Å². The number of piperidine rings is 2. The minimum absolute atomic E-state index is 0.00278. The molecular weight excluding hydrogens is 809 g/mol. The van der Waals surface area contributed by atoms with E-state index in [4.69, 9.17) is 23.7 Å². The molecule has 2 saturated heterocycles. The Balaban J connectivity index is 0.000000184. The molecule has 0 bridgehead atoms. The van der Waals surface area contributed by atoms with Gasteiger partial charge >= 0.3 is 0 Å². The maximum absolute atomic E-state index is 13.2. The van der Waals surface area contributed by atoms with E-state index in [0.29, 0.717) is 47.2 Å². The highest BCUT2D eigenvalue weighted by Gasteiger charge is 2.44. The molecule has 0 aliphatic carbocycles. The van der Waals surface area contributed by atoms with Crippen molar-refractivity contribution in [1.29, 1.82) is 0 Å². The second-order valence-electron chi connectivity index (χ2n) is 16.9. The SMILES string of the molecule is COc1cc(C(=O)N2CCC3(CC2)CC(O)c2ccccc2S3)ccc1OC(C)C.COc1cc(C(=O)N2CCC3(CC2)CC(OC)c2ccccc2S3)ccc1OC(C)C. The van der Waals surface area contributed by atoms with Crippen LogP contribution in [0.2, 0.25) is 0 Å². The number of fused-ring (bicyclic) bond motifs is 2. The average Bonchev–Trinajstić information content (AvgIpc) is 3.26. The third-order valence-electron chi connectivity index (χ3n) is 12.1. The first-order chi connectivity index (χ1) is 29.3. The first kappa shape index (κ1) is 44.7. The van der Waals surface area contributed by atoms with Crippen LogP contribution in [-0.2, 0) is 4.74 Å². The van der Waals surface area contributed by atoms with Crippen LogP contribution in [0, 0.1) is 0 Å². The van der Waals surface area contributed by atoms with Gasteiger partial charge in [-0.25, -0.2) is 0 Å².